The van der Waals surface area contributed by atoms with Gasteiger partial charge in [-0.05, 0) is 42.0 Å². The van der Waals surface area contributed by atoms with Gasteiger partial charge < -0.3 is 15.2 Å². The van der Waals surface area contributed by atoms with Crippen LogP contribution in [0.4, 0.5) is 0 Å². The maximum absolute atomic E-state index is 12.5. The van der Waals surface area contributed by atoms with Crippen molar-refractivity contribution in [3.05, 3.63) is 58.7 Å². The summed E-state index contributed by atoms with van der Waals surface area (Å²) in [6, 6.07) is 10.8. The van der Waals surface area contributed by atoms with E-state index in [4.69, 9.17) is 16.3 Å². The van der Waals surface area contributed by atoms with Crippen LogP contribution in [0.25, 0.3) is 0 Å². The van der Waals surface area contributed by atoms with Crippen molar-refractivity contribution in [1.82, 2.24) is 10.3 Å². The van der Waals surface area contributed by atoms with Crippen molar-refractivity contribution in [2.75, 3.05) is 7.11 Å². The molecule has 132 valence electrons. The molecule has 1 unspecified atom stereocenters. The highest BCUT2D eigenvalue weighted by Crippen LogP contribution is 2.38. The maximum Gasteiger partial charge on any atom is 0.224 e. The van der Waals surface area contributed by atoms with Crippen LogP contribution in [0.2, 0.25) is 5.02 Å². The van der Waals surface area contributed by atoms with Gasteiger partial charge in [0.15, 0.2) is 0 Å². The van der Waals surface area contributed by atoms with Gasteiger partial charge in [0, 0.05) is 17.3 Å². The summed E-state index contributed by atoms with van der Waals surface area (Å²) in [5.74, 6) is 0.652. The topological polar surface area (TPSA) is 71.5 Å². The number of carbonyl (C=O) groups is 1. The largest absolute Gasteiger partial charge is 0.481 e. The van der Waals surface area contributed by atoms with Crippen LogP contribution >= 0.6 is 11.6 Å². The van der Waals surface area contributed by atoms with Gasteiger partial charge in [-0.15, -0.1) is 0 Å². The normalized spacial score (nSPS) is 20.4. The second-order valence-electron chi connectivity index (χ2n) is 6.37. The molecule has 1 aliphatic rings. The lowest BCUT2D eigenvalue weighted by Gasteiger charge is -2.38. The minimum atomic E-state index is -0.288. The Bertz CT molecular complexity index is 730. The van der Waals surface area contributed by atoms with Crippen molar-refractivity contribution in [1.29, 1.82) is 0 Å². The fourth-order valence-corrected chi connectivity index (χ4v) is 3.34. The molecule has 1 aromatic carbocycles. The van der Waals surface area contributed by atoms with E-state index in [1.165, 1.54) is 0 Å². The van der Waals surface area contributed by atoms with Gasteiger partial charge in [-0.3, -0.25) is 4.79 Å². The molecule has 1 amide bonds. The van der Waals surface area contributed by atoms with Crippen molar-refractivity contribution in [3.8, 4) is 5.88 Å². The van der Waals surface area contributed by atoms with E-state index in [1.54, 1.807) is 31.5 Å². The second kappa shape index (κ2) is 7.85. The zero-order valence-corrected chi connectivity index (χ0v) is 14.7. The molecule has 1 saturated carbocycles. The summed E-state index contributed by atoms with van der Waals surface area (Å²) >= 11 is 5.98. The van der Waals surface area contributed by atoms with Crippen LogP contribution in [-0.2, 0) is 11.2 Å². The first-order chi connectivity index (χ1) is 12.0. The number of ether oxygens (including phenoxy) is 1. The smallest absolute Gasteiger partial charge is 0.224 e. The summed E-state index contributed by atoms with van der Waals surface area (Å²) in [7, 11) is 1.56. The molecule has 1 heterocycles. The number of aliphatic hydroxyl groups excluding tert-OH is 1. The lowest BCUT2D eigenvalue weighted by atomic mass is 9.75. The number of aliphatic hydroxyl groups is 1. The van der Waals surface area contributed by atoms with Crippen LogP contribution in [0.1, 0.15) is 30.0 Å². The summed E-state index contributed by atoms with van der Waals surface area (Å²) < 4.78 is 5.09. The van der Waals surface area contributed by atoms with Gasteiger partial charge in [-0.2, -0.15) is 0 Å². The van der Waals surface area contributed by atoms with E-state index in [2.05, 4.69) is 10.3 Å². The first-order valence-electron chi connectivity index (χ1n) is 8.27. The molecule has 2 N–H and O–H groups in total. The minimum absolute atomic E-state index is 0.0792. The fraction of sp³-hybridized carbons (Fsp3) is 0.368. The Balaban J connectivity index is 1.71. The van der Waals surface area contributed by atoms with E-state index in [0.717, 1.165) is 11.1 Å². The molecule has 0 saturated heterocycles. The zero-order valence-electron chi connectivity index (χ0n) is 14.0. The molecular weight excluding hydrogens is 340 g/mol. The first kappa shape index (κ1) is 17.7. The number of benzene rings is 1. The predicted molar refractivity (Wildman–Crippen MR) is 95.6 cm³/mol. The highest BCUT2D eigenvalue weighted by molar-refractivity contribution is 6.30. The SMILES string of the molecule is COc1ccc(C(NC(=O)Cc2cccc(Cl)c2)C2CC(O)C2)cn1. The molecule has 0 radical (unpaired) electrons. The minimum Gasteiger partial charge on any atom is -0.481 e. The molecule has 25 heavy (non-hydrogen) atoms. The Morgan fingerprint density at radius 3 is 2.80 bits per heavy atom. The van der Waals surface area contributed by atoms with E-state index >= 15 is 0 Å². The van der Waals surface area contributed by atoms with Crippen LogP contribution < -0.4 is 10.1 Å². The summed E-state index contributed by atoms with van der Waals surface area (Å²) in [4.78, 5) is 16.7. The standard InChI is InChI=1S/C19H21ClN2O3/c1-25-18-6-5-13(11-21-18)19(14-9-16(23)10-14)22-17(24)8-12-3-2-4-15(20)7-12/h2-7,11,14,16,19,23H,8-10H2,1H3,(H,22,24). The van der Waals surface area contributed by atoms with Gasteiger partial charge in [0.25, 0.3) is 0 Å². The van der Waals surface area contributed by atoms with Crippen molar-refractivity contribution in [3.63, 3.8) is 0 Å². The highest BCUT2D eigenvalue weighted by atomic mass is 35.5. The Morgan fingerprint density at radius 2 is 2.20 bits per heavy atom. The summed E-state index contributed by atoms with van der Waals surface area (Å²) in [6.45, 7) is 0. The van der Waals surface area contributed by atoms with Crippen LogP contribution in [-0.4, -0.2) is 29.2 Å². The highest BCUT2D eigenvalue weighted by Gasteiger charge is 2.35. The molecule has 1 aliphatic carbocycles. The van der Waals surface area contributed by atoms with Crippen molar-refractivity contribution < 1.29 is 14.6 Å². The third-order valence-corrected chi connectivity index (χ3v) is 4.75. The van der Waals surface area contributed by atoms with Gasteiger partial charge in [0.1, 0.15) is 0 Å². The number of pyridine rings is 1. The molecule has 2 aromatic rings. The second-order valence-corrected chi connectivity index (χ2v) is 6.81. The predicted octanol–water partition coefficient (Wildman–Crippen LogP) is 2.91. The van der Waals surface area contributed by atoms with Crippen LogP contribution in [0.15, 0.2) is 42.6 Å². The van der Waals surface area contributed by atoms with Gasteiger partial charge in [-0.1, -0.05) is 29.8 Å². The lowest BCUT2D eigenvalue weighted by Crippen LogP contribution is -2.41. The molecule has 0 aliphatic heterocycles. The fourth-order valence-electron chi connectivity index (χ4n) is 3.13. The zero-order chi connectivity index (χ0) is 17.8. The summed E-state index contributed by atoms with van der Waals surface area (Å²) in [5.41, 5.74) is 1.78. The Morgan fingerprint density at radius 1 is 1.40 bits per heavy atom. The monoisotopic (exact) mass is 360 g/mol. The summed E-state index contributed by atoms with van der Waals surface area (Å²) in [6.07, 6.45) is 3.04. The maximum atomic E-state index is 12.5. The van der Waals surface area contributed by atoms with E-state index in [-0.39, 0.29) is 30.4 Å². The Kier molecular flexibility index (Phi) is 5.56. The third-order valence-electron chi connectivity index (χ3n) is 4.52. The lowest BCUT2D eigenvalue weighted by molar-refractivity contribution is -0.122. The molecule has 1 fully saturated rings. The van der Waals surface area contributed by atoms with Gasteiger partial charge in [-0.25, -0.2) is 4.98 Å². The Hall–Kier alpha value is -2.11. The van der Waals surface area contributed by atoms with E-state index < -0.39 is 0 Å². The molecule has 0 bridgehead atoms. The number of halogens is 1. The van der Waals surface area contributed by atoms with Crippen LogP contribution in [0.3, 0.4) is 0 Å². The van der Waals surface area contributed by atoms with Gasteiger partial charge in [0.05, 0.1) is 25.7 Å². The van der Waals surface area contributed by atoms with E-state index in [9.17, 15) is 9.90 Å². The number of rotatable bonds is 6. The number of hydrogen-bond donors (Lipinski definition) is 2. The van der Waals surface area contributed by atoms with E-state index in [1.807, 2.05) is 18.2 Å². The third kappa shape index (κ3) is 4.50. The average Bonchev–Trinajstić information content (AvgIpc) is 2.57. The van der Waals surface area contributed by atoms with Crippen LogP contribution in [0, 0.1) is 5.92 Å². The average molecular weight is 361 g/mol. The molecule has 1 atom stereocenters. The molecule has 1 aromatic heterocycles. The van der Waals surface area contributed by atoms with E-state index in [0.29, 0.717) is 23.7 Å². The molecule has 6 heteroatoms. The molecular formula is C19H21ClN2O3. The van der Waals surface area contributed by atoms with Crippen molar-refractivity contribution in [2.24, 2.45) is 5.92 Å². The molecule has 0 spiro atoms. The first-order valence-corrected chi connectivity index (χ1v) is 8.64. The van der Waals surface area contributed by atoms with Crippen LogP contribution in [0.5, 0.6) is 5.88 Å². The Labute approximate surface area is 152 Å². The quantitative estimate of drug-likeness (QED) is 0.830. The summed E-state index contributed by atoms with van der Waals surface area (Å²) in [5, 5.41) is 13.3. The number of carbonyl (C=O) groups excluding carboxylic acids is 1. The number of amides is 1. The number of nitrogens with one attached hydrogen (secondary N) is 1. The number of aromatic nitrogens is 1. The number of nitrogens with zero attached hydrogens (tertiary/aromatic N) is 1. The number of methoxy groups -OCH3 is 1. The van der Waals surface area contributed by atoms with Crippen molar-refractivity contribution >= 4 is 17.5 Å². The molecule has 5 nitrogen and oxygen atoms in total. The van der Waals surface area contributed by atoms with Gasteiger partial charge >= 0.3 is 0 Å². The molecule has 3 rings (SSSR count). The van der Waals surface area contributed by atoms with Gasteiger partial charge in [0.2, 0.25) is 11.8 Å². The van der Waals surface area contributed by atoms with Crippen molar-refractivity contribution in [2.45, 2.75) is 31.4 Å². The number of hydrogen-bond acceptors (Lipinski definition) is 4.